The average molecular weight is 350 g/mol. The van der Waals surface area contributed by atoms with Crippen LogP contribution >= 0.6 is 0 Å². The normalized spacial score (nSPS) is 19.8. The Morgan fingerprint density at radius 3 is 2.77 bits per heavy atom. The molecule has 2 aliphatic rings. The fourth-order valence-corrected chi connectivity index (χ4v) is 4.33. The molecule has 1 fully saturated rings. The Morgan fingerprint density at radius 2 is 2.04 bits per heavy atom. The first kappa shape index (κ1) is 17.1. The number of rotatable bonds is 4. The summed E-state index contributed by atoms with van der Waals surface area (Å²) < 4.78 is 6.13. The van der Waals surface area contributed by atoms with Gasteiger partial charge in [-0.2, -0.15) is 0 Å². The SMILES string of the molecule is CCc1c(C(N)=O)cccc1-c1ccc2c(c1)OCC(N1CCCC1)C2. The van der Waals surface area contributed by atoms with Crippen molar-refractivity contribution in [1.82, 2.24) is 4.90 Å². The molecule has 2 aromatic carbocycles. The number of hydrogen-bond donors (Lipinski definition) is 1. The van der Waals surface area contributed by atoms with Crippen LogP contribution in [0.4, 0.5) is 0 Å². The van der Waals surface area contributed by atoms with Crippen LogP contribution < -0.4 is 10.5 Å². The van der Waals surface area contributed by atoms with Crippen LogP contribution in [0.2, 0.25) is 0 Å². The molecule has 1 amide bonds. The van der Waals surface area contributed by atoms with E-state index in [1.807, 2.05) is 6.07 Å². The zero-order valence-corrected chi connectivity index (χ0v) is 15.3. The maximum Gasteiger partial charge on any atom is 0.248 e. The van der Waals surface area contributed by atoms with Crippen LogP contribution in [0.3, 0.4) is 0 Å². The summed E-state index contributed by atoms with van der Waals surface area (Å²) in [6.45, 7) is 5.21. The first-order chi connectivity index (χ1) is 12.7. The molecule has 0 bridgehead atoms. The molecule has 0 aromatic heterocycles. The summed E-state index contributed by atoms with van der Waals surface area (Å²) in [7, 11) is 0. The minimum absolute atomic E-state index is 0.369. The van der Waals surface area contributed by atoms with E-state index in [0.717, 1.165) is 41.9 Å². The molecular weight excluding hydrogens is 324 g/mol. The topological polar surface area (TPSA) is 55.6 Å². The molecule has 1 atom stereocenters. The summed E-state index contributed by atoms with van der Waals surface area (Å²) in [6, 6.07) is 12.7. The number of carbonyl (C=O) groups excluding carboxylic acids is 1. The maximum atomic E-state index is 11.8. The standard InChI is InChI=1S/C22H26N2O2/c1-2-18-19(6-5-7-20(18)22(23)25)15-8-9-16-12-17(14-26-21(16)13-15)24-10-3-4-11-24/h5-9,13,17H,2-4,10-12,14H2,1H3,(H2,23,25). The molecule has 0 radical (unpaired) electrons. The Balaban J connectivity index is 1.65. The summed E-state index contributed by atoms with van der Waals surface area (Å²) in [5.74, 6) is 0.607. The van der Waals surface area contributed by atoms with E-state index < -0.39 is 0 Å². The summed E-state index contributed by atoms with van der Waals surface area (Å²) >= 11 is 0. The highest BCUT2D eigenvalue weighted by atomic mass is 16.5. The van der Waals surface area contributed by atoms with Crippen LogP contribution in [0.15, 0.2) is 36.4 Å². The smallest absolute Gasteiger partial charge is 0.248 e. The number of carbonyl (C=O) groups is 1. The van der Waals surface area contributed by atoms with E-state index in [-0.39, 0.29) is 5.91 Å². The van der Waals surface area contributed by atoms with Gasteiger partial charge < -0.3 is 10.5 Å². The van der Waals surface area contributed by atoms with Gasteiger partial charge in [0.15, 0.2) is 0 Å². The van der Waals surface area contributed by atoms with Crippen molar-refractivity contribution in [2.24, 2.45) is 5.73 Å². The van der Waals surface area contributed by atoms with E-state index in [9.17, 15) is 4.79 Å². The van der Waals surface area contributed by atoms with E-state index in [4.69, 9.17) is 10.5 Å². The third-order valence-corrected chi connectivity index (χ3v) is 5.72. The van der Waals surface area contributed by atoms with Crippen LogP contribution in [0, 0.1) is 0 Å². The second kappa shape index (κ2) is 7.12. The molecule has 4 heteroatoms. The Morgan fingerprint density at radius 1 is 1.23 bits per heavy atom. The second-order valence-corrected chi connectivity index (χ2v) is 7.28. The number of fused-ring (bicyclic) bond motifs is 1. The summed E-state index contributed by atoms with van der Waals surface area (Å²) in [5.41, 5.74) is 10.6. The van der Waals surface area contributed by atoms with Gasteiger partial charge in [0.1, 0.15) is 12.4 Å². The van der Waals surface area contributed by atoms with Crippen molar-refractivity contribution in [2.45, 2.75) is 38.6 Å². The van der Waals surface area contributed by atoms with Crippen LogP contribution in [-0.2, 0) is 12.8 Å². The third-order valence-electron chi connectivity index (χ3n) is 5.72. The molecular formula is C22H26N2O2. The van der Waals surface area contributed by atoms with Crippen LogP contribution in [0.1, 0.15) is 41.3 Å². The maximum absolute atomic E-state index is 11.8. The van der Waals surface area contributed by atoms with Gasteiger partial charge in [-0.25, -0.2) is 0 Å². The predicted octanol–water partition coefficient (Wildman–Crippen LogP) is 3.41. The number of ether oxygens (including phenoxy) is 1. The number of likely N-dealkylation sites (tertiary alicyclic amines) is 1. The highest BCUT2D eigenvalue weighted by Gasteiger charge is 2.27. The van der Waals surface area contributed by atoms with Crippen LogP contribution in [0.25, 0.3) is 11.1 Å². The van der Waals surface area contributed by atoms with Gasteiger partial charge in [-0.3, -0.25) is 9.69 Å². The van der Waals surface area contributed by atoms with Gasteiger partial charge in [0, 0.05) is 11.6 Å². The van der Waals surface area contributed by atoms with E-state index >= 15 is 0 Å². The molecule has 0 saturated carbocycles. The number of amides is 1. The zero-order chi connectivity index (χ0) is 18.1. The first-order valence-corrected chi connectivity index (χ1v) is 9.59. The van der Waals surface area contributed by atoms with Crippen molar-refractivity contribution in [3.63, 3.8) is 0 Å². The lowest BCUT2D eigenvalue weighted by Crippen LogP contribution is -2.41. The zero-order valence-electron chi connectivity index (χ0n) is 15.3. The number of hydrogen-bond acceptors (Lipinski definition) is 3. The molecule has 2 N–H and O–H groups in total. The fourth-order valence-electron chi connectivity index (χ4n) is 4.33. The van der Waals surface area contributed by atoms with Crippen molar-refractivity contribution in [1.29, 1.82) is 0 Å². The lowest BCUT2D eigenvalue weighted by atomic mass is 9.91. The third kappa shape index (κ3) is 3.10. The Hall–Kier alpha value is -2.33. The molecule has 26 heavy (non-hydrogen) atoms. The quantitative estimate of drug-likeness (QED) is 0.919. The number of benzene rings is 2. The van der Waals surface area contributed by atoms with Gasteiger partial charge in [0.2, 0.25) is 5.91 Å². The largest absolute Gasteiger partial charge is 0.492 e. The van der Waals surface area contributed by atoms with Gasteiger partial charge in [-0.05, 0) is 73.2 Å². The number of primary amides is 1. The molecule has 0 aliphatic carbocycles. The van der Waals surface area contributed by atoms with Crippen molar-refractivity contribution in [3.8, 4) is 16.9 Å². The molecule has 0 spiro atoms. The van der Waals surface area contributed by atoms with Crippen molar-refractivity contribution >= 4 is 5.91 Å². The minimum Gasteiger partial charge on any atom is -0.492 e. The van der Waals surface area contributed by atoms with Crippen molar-refractivity contribution < 1.29 is 9.53 Å². The molecule has 2 aliphatic heterocycles. The first-order valence-electron chi connectivity index (χ1n) is 9.59. The average Bonchev–Trinajstić information content (AvgIpc) is 3.21. The van der Waals surface area contributed by atoms with Crippen LogP contribution in [0.5, 0.6) is 5.75 Å². The molecule has 1 unspecified atom stereocenters. The highest BCUT2D eigenvalue weighted by molar-refractivity contribution is 5.96. The predicted molar refractivity (Wildman–Crippen MR) is 104 cm³/mol. The second-order valence-electron chi connectivity index (χ2n) is 7.28. The minimum atomic E-state index is -0.369. The Kier molecular flexibility index (Phi) is 4.68. The van der Waals surface area contributed by atoms with Gasteiger partial charge in [0.05, 0.1) is 0 Å². The lowest BCUT2D eigenvalue weighted by molar-refractivity contribution is 0.0999. The summed E-state index contributed by atoms with van der Waals surface area (Å²) in [5, 5.41) is 0. The van der Waals surface area contributed by atoms with Crippen LogP contribution in [-0.4, -0.2) is 36.5 Å². The summed E-state index contributed by atoms with van der Waals surface area (Å²) in [4.78, 5) is 14.3. The summed E-state index contributed by atoms with van der Waals surface area (Å²) in [6.07, 6.45) is 4.43. The van der Waals surface area contributed by atoms with Crippen molar-refractivity contribution in [2.75, 3.05) is 19.7 Å². The van der Waals surface area contributed by atoms with Crippen molar-refractivity contribution in [3.05, 3.63) is 53.1 Å². The Labute approximate surface area is 155 Å². The van der Waals surface area contributed by atoms with E-state index in [1.165, 1.54) is 31.5 Å². The number of nitrogens with zero attached hydrogens (tertiary/aromatic N) is 1. The lowest BCUT2D eigenvalue weighted by Gasteiger charge is -2.32. The highest BCUT2D eigenvalue weighted by Crippen LogP contribution is 2.34. The molecule has 4 nitrogen and oxygen atoms in total. The molecule has 136 valence electrons. The molecule has 2 aromatic rings. The van der Waals surface area contributed by atoms with Gasteiger partial charge in [-0.15, -0.1) is 0 Å². The van der Waals surface area contributed by atoms with Gasteiger partial charge in [0.25, 0.3) is 0 Å². The van der Waals surface area contributed by atoms with E-state index in [1.54, 1.807) is 6.07 Å². The van der Waals surface area contributed by atoms with E-state index in [0.29, 0.717) is 11.6 Å². The van der Waals surface area contributed by atoms with E-state index in [2.05, 4.69) is 36.1 Å². The van der Waals surface area contributed by atoms with Gasteiger partial charge >= 0.3 is 0 Å². The monoisotopic (exact) mass is 350 g/mol. The van der Waals surface area contributed by atoms with Gasteiger partial charge in [-0.1, -0.05) is 31.2 Å². The Bertz CT molecular complexity index is 825. The number of nitrogens with two attached hydrogens (primary N) is 1. The molecule has 2 heterocycles. The fraction of sp³-hybridized carbons (Fsp3) is 0.409. The molecule has 4 rings (SSSR count). The molecule has 1 saturated heterocycles.